The van der Waals surface area contributed by atoms with Gasteiger partial charge in [-0.1, -0.05) is 19.1 Å². The molecule has 1 aromatic carbocycles. The van der Waals surface area contributed by atoms with Crippen LogP contribution in [0.4, 0.5) is 18.9 Å². The molecule has 2 heterocycles. The van der Waals surface area contributed by atoms with Crippen molar-refractivity contribution < 1.29 is 21.6 Å². The zero-order valence-electron chi connectivity index (χ0n) is 14.8. The number of hydrogen-bond donors (Lipinski definition) is 1. The highest BCUT2D eigenvalue weighted by Crippen LogP contribution is 2.36. The molecule has 1 fully saturated rings. The van der Waals surface area contributed by atoms with Gasteiger partial charge >= 0.3 is 6.18 Å². The maximum Gasteiger partial charge on any atom is 0.425 e. The maximum atomic E-state index is 12.7. The predicted molar refractivity (Wildman–Crippen MR) is 101 cm³/mol. The van der Waals surface area contributed by atoms with Crippen LogP contribution in [0.5, 0.6) is 0 Å². The Morgan fingerprint density at radius 2 is 1.89 bits per heavy atom. The Labute approximate surface area is 161 Å². The molecule has 9 heteroatoms. The van der Waals surface area contributed by atoms with Gasteiger partial charge in [0, 0.05) is 12.2 Å². The highest BCUT2D eigenvalue weighted by atomic mass is 32.2. The van der Waals surface area contributed by atoms with E-state index >= 15 is 0 Å². The highest BCUT2D eigenvalue weighted by molar-refractivity contribution is 7.94. The Bertz CT molecular complexity index is 877. The number of alkyl halides is 3. The standard InChI is InChI=1S/C18H21F3N2O2S2/c1-2-10-23-11-9-14(12-23)13-3-5-15(6-4-13)22-27(24,25)17-8-7-16(26-17)18(19,20)21/h3-8,14,22H,2,9-12H2,1H3/t14-/m1/s1. The van der Waals surface area contributed by atoms with E-state index in [9.17, 15) is 21.6 Å². The minimum absolute atomic E-state index is 0.213. The van der Waals surface area contributed by atoms with E-state index in [-0.39, 0.29) is 15.5 Å². The summed E-state index contributed by atoms with van der Waals surface area (Å²) in [6.07, 6.45) is -2.36. The van der Waals surface area contributed by atoms with Gasteiger partial charge in [0.15, 0.2) is 0 Å². The van der Waals surface area contributed by atoms with Gasteiger partial charge < -0.3 is 4.90 Å². The van der Waals surface area contributed by atoms with Crippen LogP contribution in [0.2, 0.25) is 0 Å². The van der Waals surface area contributed by atoms with E-state index in [2.05, 4.69) is 16.5 Å². The number of likely N-dealkylation sites (tertiary alicyclic amines) is 1. The number of thiophene rings is 1. The maximum absolute atomic E-state index is 12.7. The van der Waals surface area contributed by atoms with Crippen LogP contribution >= 0.6 is 11.3 Å². The number of benzene rings is 1. The van der Waals surface area contributed by atoms with E-state index in [1.54, 1.807) is 12.1 Å². The molecule has 1 aliphatic heterocycles. The van der Waals surface area contributed by atoms with Crippen LogP contribution in [0.1, 0.15) is 36.1 Å². The van der Waals surface area contributed by atoms with Gasteiger partial charge in [0.1, 0.15) is 9.09 Å². The fourth-order valence-electron chi connectivity index (χ4n) is 3.27. The summed E-state index contributed by atoms with van der Waals surface area (Å²) < 4.78 is 64.7. The molecule has 0 saturated carbocycles. The van der Waals surface area contributed by atoms with Crippen molar-refractivity contribution in [3.05, 3.63) is 46.8 Å². The second-order valence-electron chi connectivity index (χ2n) is 6.63. The molecule has 0 unspecified atom stereocenters. The van der Waals surface area contributed by atoms with Crippen LogP contribution in [-0.4, -0.2) is 33.0 Å². The average Bonchev–Trinajstić information content (AvgIpc) is 3.25. The van der Waals surface area contributed by atoms with Crippen molar-refractivity contribution in [2.24, 2.45) is 0 Å². The largest absolute Gasteiger partial charge is 0.425 e. The molecule has 4 nitrogen and oxygen atoms in total. The number of rotatable bonds is 6. The number of sulfonamides is 1. The van der Waals surface area contributed by atoms with Gasteiger partial charge in [-0.2, -0.15) is 13.2 Å². The van der Waals surface area contributed by atoms with Crippen molar-refractivity contribution in [2.75, 3.05) is 24.4 Å². The van der Waals surface area contributed by atoms with Gasteiger partial charge in [0.05, 0.1) is 0 Å². The van der Waals surface area contributed by atoms with Crippen molar-refractivity contribution in [3.8, 4) is 0 Å². The first-order valence-corrected chi connectivity index (χ1v) is 11.0. The van der Waals surface area contributed by atoms with E-state index in [4.69, 9.17) is 0 Å². The summed E-state index contributed by atoms with van der Waals surface area (Å²) in [4.78, 5) is 1.48. The van der Waals surface area contributed by atoms with Crippen molar-refractivity contribution in [1.82, 2.24) is 4.90 Å². The Hall–Kier alpha value is -1.58. The lowest BCUT2D eigenvalue weighted by Crippen LogP contribution is -2.20. The quantitative estimate of drug-likeness (QED) is 0.735. The molecule has 27 heavy (non-hydrogen) atoms. The molecule has 1 N–H and O–H groups in total. The van der Waals surface area contributed by atoms with Gasteiger partial charge in [0.25, 0.3) is 10.0 Å². The van der Waals surface area contributed by atoms with Crippen molar-refractivity contribution in [2.45, 2.75) is 36.1 Å². The lowest BCUT2D eigenvalue weighted by atomic mass is 9.98. The lowest BCUT2D eigenvalue weighted by molar-refractivity contribution is -0.134. The van der Waals surface area contributed by atoms with Crippen molar-refractivity contribution in [1.29, 1.82) is 0 Å². The Kier molecular flexibility index (Phi) is 5.83. The summed E-state index contributed by atoms with van der Waals surface area (Å²) in [6.45, 7) is 5.29. The van der Waals surface area contributed by atoms with Crippen LogP contribution in [0, 0.1) is 0 Å². The molecule has 1 aliphatic rings. The Morgan fingerprint density at radius 1 is 1.19 bits per heavy atom. The molecule has 0 bridgehead atoms. The monoisotopic (exact) mass is 418 g/mol. The van der Waals surface area contributed by atoms with Crippen LogP contribution in [0.15, 0.2) is 40.6 Å². The van der Waals surface area contributed by atoms with Crippen LogP contribution in [-0.2, 0) is 16.2 Å². The number of nitrogens with zero attached hydrogens (tertiary/aromatic N) is 1. The molecule has 1 aromatic heterocycles. The van der Waals surface area contributed by atoms with Gasteiger partial charge in [-0.15, -0.1) is 11.3 Å². The molecule has 3 rings (SSSR count). The number of nitrogens with one attached hydrogen (secondary N) is 1. The highest BCUT2D eigenvalue weighted by Gasteiger charge is 2.34. The first-order chi connectivity index (χ1) is 12.7. The summed E-state index contributed by atoms with van der Waals surface area (Å²) in [5.41, 5.74) is 1.48. The van der Waals surface area contributed by atoms with Crippen LogP contribution < -0.4 is 4.72 Å². The molecule has 1 atom stereocenters. The second kappa shape index (κ2) is 7.81. The summed E-state index contributed by atoms with van der Waals surface area (Å²) >= 11 is 0.213. The third kappa shape index (κ3) is 4.83. The molecule has 1 saturated heterocycles. The predicted octanol–water partition coefficient (Wildman–Crippen LogP) is 4.77. The van der Waals surface area contributed by atoms with Gasteiger partial charge in [0.2, 0.25) is 0 Å². The summed E-state index contributed by atoms with van der Waals surface area (Å²) in [6, 6.07) is 8.85. The van der Waals surface area contributed by atoms with E-state index in [0.717, 1.165) is 50.2 Å². The number of halogens is 3. The minimum Gasteiger partial charge on any atom is -0.303 e. The SMILES string of the molecule is CCCN1CC[C@@H](c2ccc(NS(=O)(=O)c3ccc(C(F)(F)F)s3)cc2)C1. The van der Waals surface area contributed by atoms with Crippen molar-refractivity contribution in [3.63, 3.8) is 0 Å². The molecular weight excluding hydrogens is 397 g/mol. The first-order valence-electron chi connectivity index (χ1n) is 8.71. The molecule has 0 spiro atoms. The fourth-order valence-corrected chi connectivity index (χ4v) is 5.50. The second-order valence-corrected chi connectivity index (χ2v) is 9.62. The van der Waals surface area contributed by atoms with Gasteiger partial charge in [-0.3, -0.25) is 4.72 Å². The molecular formula is C18H21F3N2O2S2. The molecule has 0 aliphatic carbocycles. The number of anilines is 1. The molecule has 2 aromatic rings. The summed E-state index contributed by atoms with van der Waals surface area (Å²) in [7, 11) is -4.04. The normalized spacial score (nSPS) is 18.7. The van der Waals surface area contributed by atoms with E-state index < -0.39 is 21.1 Å². The van der Waals surface area contributed by atoms with E-state index in [1.807, 2.05) is 12.1 Å². The van der Waals surface area contributed by atoms with Crippen LogP contribution in [0.3, 0.4) is 0 Å². The molecule has 0 radical (unpaired) electrons. The number of hydrogen-bond acceptors (Lipinski definition) is 4. The van der Waals surface area contributed by atoms with Gasteiger partial charge in [-0.05, 0) is 61.7 Å². The van der Waals surface area contributed by atoms with Gasteiger partial charge in [-0.25, -0.2) is 8.42 Å². The zero-order chi connectivity index (χ0) is 19.7. The third-order valence-corrected chi connectivity index (χ3v) is 7.58. The van der Waals surface area contributed by atoms with E-state index in [1.165, 1.54) is 0 Å². The van der Waals surface area contributed by atoms with E-state index in [0.29, 0.717) is 11.6 Å². The third-order valence-electron chi connectivity index (χ3n) is 4.57. The molecule has 148 valence electrons. The summed E-state index contributed by atoms with van der Waals surface area (Å²) in [5, 5.41) is 0. The van der Waals surface area contributed by atoms with Crippen molar-refractivity contribution >= 4 is 27.0 Å². The molecule has 0 amide bonds. The topological polar surface area (TPSA) is 49.4 Å². The zero-order valence-corrected chi connectivity index (χ0v) is 16.4. The smallest absolute Gasteiger partial charge is 0.303 e. The van der Waals surface area contributed by atoms with Crippen LogP contribution in [0.25, 0.3) is 0 Å². The average molecular weight is 419 g/mol. The Balaban J connectivity index is 1.68. The Morgan fingerprint density at radius 3 is 2.48 bits per heavy atom. The first kappa shape index (κ1) is 20.2. The minimum atomic E-state index is -4.55. The summed E-state index contributed by atoms with van der Waals surface area (Å²) in [5.74, 6) is 0.425. The lowest BCUT2D eigenvalue weighted by Gasteiger charge is -2.15. The fraction of sp³-hybridized carbons (Fsp3) is 0.444.